The van der Waals surface area contributed by atoms with Gasteiger partial charge < -0.3 is 0 Å². The van der Waals surface area contributed by atoms with Crippen molar-refractivity contribution < 1.29 is 38.4 Å². The van der Waals surface area contributed by atoms with Gasteiger partial charge in [0.05, 0.1) is 10.5 Å². The second-order valence-electron chi connectivity index (χ2n) is 4.77. The highest BCUT2D eigenvalue weighted by molar-refractivity contribution is 5.66. The molecule has 23 heavy (non-hydrogen) atoms. The van der Waals surface area contributed by atoms with Gasteiger partial charge in [0.25, 0.3) is 5.69 Å². The molecule has 2 aromatic rings. The number of aromatic nitrogens is 1. The van der Waals surface area contributed by atoms with E-state index in [9.17, 15) is 10.1 Å². The Labute approximate surface area is 134 Å². The van der Waals surface area contributed by atoms with Gasteiger partial charge in [0, 0.05) is 19.1 Å². The van der Waals surface area contributed by atoms with E-state index in [0.29, 0.717) is 5.69 Å². The Balaban J connectivity index is 0.000000463. The van der Waals surface area contributed by atoms with Crippen molar-refractivity contribution in [2.24, 2.45) is 7.05 Å². The summed E-state index contributed by atoms with van der Waals surface area (Å²) >= 11 is 0. The molecule has 0 saturated carbocycles. The highest BCUT2D eigenvalue weighted by Gasteiger charge is 2.26. The van der Waals surface area contributed by atoms with Crippen molar-refractivity contribution >= 4 is 5.69 Å². The van der Waals surface area contributed by atoms with Crippen LogP contribution < -0.4 is 23.2 Å². The molecule has 0 aliphatic rings. The number of hydrogen-bond donors (Lipinski definition) is 0. The fourth-order valence-electron chi connectivity index (χ4n) is 1.94. The molecule has 0 aliphatic heterocycles. The lowest BCUT2D eigenvalue weighted by Gasteiger charge is -2.17. The first-order valence-corrected chi connectivity index (χ1v) is 7.57. The van der Waals surface area contributed by atoms with Crippen LogP contribution in [-0.4, -0.2) is 4.92 Å². The zero-order chi connectivity index (χ0) is 17.8. The summed E-state index contributed by atoms with van der Waals surface area (Å²) in [7, 11) is -3.10. The van der Waals surface area contributed by atoms with E-state index in [1.54, 1.807) is 12.1 Å². The summed E-state index contributed by atoms with van der Waals surface area (Å²) in [4.78, 5) is 10.8. The van der Waals surface area contributed by atoms with E-state index in [4.69, 9.17) is 18.6 Å². The van der Waals surface area contributed by atoms with Gasteiger partial charge in [0.1, 0.15) is 7.05 Å². The van der Waals surface area contributed by atoms with E-state index in [2.05, 4.69) is 0 Å². The summed E-state index contributed by atoms with van der Waals surface area (Å²) in [5.74, 6) is 0. The molecule has 9 heteroatoms. The molecule has 1 aromatic heterocycles. The largest absolute Gasteiger partial charge is 0.340 e. The highest BCUT2D eigenvalue weighted by Crippen LogP contribution is 2.26. The minimum atomic E-state index is -4.94. The van der Waals surface area contributed by atoms with Crippen molar-refractivity contribution in [3.63, 3.8) is 0 Å². The van der Waals surface area contributed by atoms with Crippen LogP contribution in [0.25, 0.3) is 11.3 Å². The Bertz CT molecular complexity index is 692. The normalized spacial score (nSPS) is 10.7. The summed E-state index contributed by atoms with van der Waals surface area (Å²) in [6.07, 6.45) is 0. The Hall–Kier alpha value is -2.10. The van der Waals surface area contributed by atoms with Crippen LogP contribution in [0.4, 0.5) is 5.69 Å². The Morgan fingerprint density at radius 1 is 0.957 bits per heavy atom. The molecule has 0 spiro atoms. The first kappa shape index (κ1) is 18.9. The number of nitro groups is 1. The molecule has 1 aromatic carbocycles. The van der Waals surface area contributed by atoms with Gasteiger partial charge >= 0.3 is 5.69 Å². The smallest absolute Gasteiger partial charge is 0.258 e. The van der Waals surface area contributed by atoms with Crippen LogP contribution in [-0.2, 0) is 7.05 Å². The van der Waals surface area contributed by atoms with Crippen LogP contribution in [0.3, 0.4) is 0 Å². The van der Waals surface area contributed by atoms with Gasteiger partial charge in [0.2, 0.25) is 0 Å². The molecule has 0 fully saturated rings. The predicted octanol–water partition coefficient (Wildman–Crippen LogP) is -2.05. The zero-order valence-corrected chi connectivity index (χ0v) is 13.4. The number of hydrogen-bond acceptors (Lipinski definition) is 6. The van der Waals surface area contributed by atoms with E-state index >= 15 is 0 Å². The first-order chi connectivity index (χ1) is 10.5. The van der Waals surface area contributed by atoms with Crippen molar-refractivity contribution in [3.05, 3.63) is 57.8 Å². The fraction of sp³-hybridized carbons (Fsp3) is 0.214. The van der Waals surface area contributed by atoms with Gasteiger partial charge in [-0.25, -0.2) is 18.6 Å². The standard InChI is InChI=1S/C14H15N2O2.ClHO4/c1-10-4-7-12(8-5-10)14-13(16(17)18)9-6-11(2)15(14)3;2-1(3,4)5/h4-9H,1-3H3;(H,2,3,4,5)/q+1;/p-1. The third-order valence-electron chi connectivity index (χ3n) is 3.11. The topological polar surface area (TPSA) is 139 Å². The third-order valence-corrected chi connectivity index (χ3v) is 3.11. The maximum Gasteiger partial charge on any atom is 0.340 e. The lowest BCUT2D eigenvalue weighted by molar-refractivity contribution is -2.00. The van der Waals surface area contributed by atoms with E-state index in [0.717, 1.165) is 16.8 Å². The average molecular weight is 343 g/mol. The molecular weight excluding hydrogens is 328 g/mol. The first-order valence-electron chi connectivity index (χ1n) is 6.33. The maximum absolute atomic E-state index is 11.1. The minimum Gasteiger partial charge on any atom is -0.258 e. The van der Waals surface area contributed by atoms with Crippen molar-refractivity contribution in [3.8, 4) is 11.3 Å². The van der Waals surface area contributed by atoms with Gasteiger partial charge in [-0.1, -0.05) is 17.7 Å². The highest BCUT2D eigenvalue weighted by atomic mass is 35.7. The molecule has 2 rings (SSSR count). The second-order valence-corrected chi connectivity index (χ2v) is 5.52. The van der Waals surface area contributed by atoms with Crippen LogP contribution >= 0.6 is 0 Å². The number of benzene rings is 1. The molecule has 124 valence electrons. The van der Waals surface area contributed by atoms with Crippen LogP contribution in [0.1, 0.15) is 11.3 Å². The van der Waals surface area contributed by atoms with Crippen molar-refractivity contribution in [2.45, 2.75) is 13.8 Å². The van der Waals surface area contributed by atoms with Gasteiger partial charge in [-0.05, 0) is 19.1 Å². The SMILES string of the molecule is Cc1ccc(-c2c([N+](=O)[O-])ccc(C)[n+]2C)cc1.[O-][Cl+3]([O-])([O-])[O-]. The molecule has 0 radical (unpaired) electrons. The van der Waals surface area contributed by atoms with E-state index in [1.165, 1.54) is 0 Å². The van der Waals surface area contributed by atoms with Crippen LogP contribution in [0.2, 0.25) is 0 Å². The Kier molecular flexibility index (Phi) is 6.13. The lowest BCUT2D eigenvalue weighted by atomic mass is 10.1. The second kappa shape index (κ2) is 7.44. The van der Waals surface area contributed by atoms with E-state index in [1.807, 2.05) is 49.7 Å². The third kappa shape index (κ3) is 5.89. The molecule has 0 aliphatic carbocycles. The fourth-order valence-corrected chi connectivity index (χ4v) is 1.94. The quantitative estimate of drug-likeness (QED) is 0.349. The van der Waals surface area contributed by atoms with Crippen LogP contribution in [0.5, 0.6) is 0 Å². The maximum atomic E-state index is 11.1. The molecule has 0 saturated heterocycles. The monoisotopic (exact) mass is 342 g/mol. The Morgan fingerprint density at radius 3 is 1.87 bits per heavy atom. The molecule has 1 heterocycles. The minimum absolute atomic E-state index is 0.131. The number of nitrogens with zero attached hydrogens (tertiary/aromatic N) is 2. The summed E-state index contributed by atoms with van der Waals surface area (Å²) in [5.41, 5.74) is 3.75. The van der Waals surface area contributed by atoms with E-state index < -0.39 is 10.2 Å². The van der Waals surface area contributed by atoms with Gasteiger partial charge in [0.15, 0.2) is 5.69 Å². The van der Waals surface area contributed by atoms with Crippen LogP contribution in [0.15, 0.2) is 36.4 Å². The average Bonchev–Trinajstić information content (AvgIpc) is 2.41. The Morgan fingerprint density at radius 2 is 1.43 bits per heavy atom. The summed E-state index contributed by atoms with van der Waals surface area (Å²) in [5, 5.41) is 11.1. The molecule has 0 atom stereocenters. The number of rotatable bonds is 2. The molecule has 0 bridgehead atoms. The van der Waals surface area contributed by atoms with Gasteiger partial charge in [-0.2, -0.15) is 4.57 Å². The van der Waals surface area contributed by atoms with Crippen molar-refractivity contribution in [1.29, 1.82) is 0 Å². The van der Waals surface area contributed by atoms with Crippen molar-refractivity contribution in [2.75, 3.05) is 0 Å². The number of pyridine rings is 1. The number of halogens is 1. The van der Waals surface area contributed by atoms with Crippen molar-refractivity contribution in [1.82, 2.24) is 0 Å². The summed E-state index contributed by atoms with van der Waals surface area (Å²) in [6.45, 7) is 3.93. The predicted molar refractivity (Wildman–Crippen MR) is 69.2 cm³/mol. The van der Waals surface area contributed by atoms with Gasteiger partial charge in [-0.15, -0.1) is 10.2 Å². The molecular formula is C14H15ClN2O6. The van der Waals surface area contributed by atoms with E-state index in [-0.39, 0.29) is 10.6 Å². The molecule has 0 N–H and O–H groups in total. The molecule has 0 amide bonds. The summed E-state index contributed by atoms with van der Waals surface area (Å²) < 4.78 is 35.8. The molecule has 8 nitrogen and oxygen atoms in total. The summed E-state index contributed by atoms with van der Waals surface area (Å²) in [6, 6.07) is 11.1. The lowest BCUT2D eigenvalue weighted by Crippen LogP contribution is -2.68. The van der Waals surface area contributed by atoms with Crippen LogP contribution in [0, 0.1) is 34.2 Å². The van der Waals surface area contributed by atoms with Gasteiger partial charge in [-0.3, -0.25) is 10.1 Å². The zero-order valence-electron chi connectivity index (χ0n) is 12.7. The number of aryl methyl sites for hydroxylation is 2. The molecule has 0 unspecified atom stereocenters.